The summed E-state index contributed by atoms with van der Waals surface area (Å²) in [5, 5.41) is 2.22. The number of hydrogen-bond acceptors (Lipinski definition) is 5. The van der Waals surface area contributed by atoms with Gasteiger partial charge in [0.15, 0.2) is 0 Å². The summed E-state index contributed by atoms with van der Waals surface area (Å²) in [6.07, 6.45) is 4.43. The van der Waals surface area contributed by atoms with E-state index in [-0.39, 0.29) is 30.0 Å². The maximum Gasteiger partial charge on any atom is 0.329 e. The summed E-state index contributed by atoms with van der Waals surface area (Å²) in [5.74, 6) is 0.212. The predicted octanol–water partition coefficient (Wildman–Crippen LogP) is 2.54. The molecular formula is C21H23N3O5S. The summed E-state index contributed by atoms with van der Waals surface area (Å²) in [7, 11) is -3.71. The van der Waals surface area contributed by atoms with Gasteiger partial charge in [-0.15, -0.1) is 0 Å². The zero-order valence-electron chi connectivity index (χ0n) is 16.3. The van der Waals surface area contributed by atoms with Gasteiger partial charge in [0.1, 0.15) is 12.3 Å². The van der Waals surface area contributed by atoms with Crippen molar-refractivity contribution in [1.29, 1.82) is 0 Å². The van der Waals surface area contributed by atoms with E-state index >= 15 is 0 Å². The molecule has 0 aromatic heterocycles. The van der Waals surface area contributed by atoms with Gasteiger partial charge in [-0.2, -0.15) is 0 Å². The van der Waals surface area contributed by atoms with Gasteiger partial charge in [0.05, 0.1) is 11.0 Å². The summed E-state index contributed by atoms with van der Waals surface area (Å²) < 4.78 is 33.9. The van der Waals surface area contributed by atoms with Crippen molar-refractivity contribution in [3.05, 3.63) is 54.1 Å². The number of nitrogens with zero attached hydrogens (tertiary/aromatic N) is 1. The van der Waals surface area contributed by atoms with E-state index in [1.54, 1.807) is 42.5 Å². The first-order valence-corrected chi connectivity index (χ1v) is 11.4. The standard InChI is InChI=1S/C21H23N3O5S/c25-20-14-24(21(26)23-20)16-10-8-15(9-11-16)13-22-30(27,28)19-7-3-6-18(12-19)29-17-4-1-2-5-17/h3,6-12,17,22H,1-2,4-5,13-14H2,(H,23,25,26). The van der Waals surface area contributed by atoms with E-state index in [0.717, 1.165) is 31.2 Å². The van der Waals surface area contributed by atoms with Gasteiger partial charge in [-0.3, -0.25) is 15.0 Å². The number of urea groups is 1. The Labute approximate surface area is 175 Å². The smallest absolute Gasteiger partial charge is 0.329 e. The largest absolute Gasteiger partial charge is 0.490 e. The lowest BCUT2D eigenvalue weighted by molar-refractivity contribution is -0.117. The van der Waals surface area contributed by atoms with Crippen LogP contribution in [0.15, 0.2) is 53.4 Å². The maximum atomic E-state index is 12.7. The monoisotopic (exact) mass is 429 g/mol. The molecule has 1 aliphatic heterocycles. The molecule has 158 valence electrons. The van der Waals surface area contributed by atoms with E-state index < -0.39 is 16.1 Å². The second-order valence-electron chi connectivity index (χ2n) is 7.43. The van der Waals surface area contributed by atoms with Crippen molar-refractivity contribution >= 4 is 27.6 Å². The fourth-order valence-electron chi connectivity index (χ4n) is 3.62. The van der Waals surface area contributed by atoms with Gasteiger partial charge in [-0.25, -0.2) is 17.9 Å². The molecule has 1 aliphatic carbocycles. The Bertz CT molecular complexity index is 1050. The van der Waals surface area contributed by atoms with Crippen LogP contribution in [0.2, 0.25) is 0 Å². The van der Waals surface area contributed by atoms with Gasteiger partial charge >= 0.3 is 6.03 Å². The third-order valence-corrected chi connectivity index (χ3v) is 6.63. The number of amides is 3. The lowest BCUT2D eigenvalue weighted by atomic mass is 10.2. The molecule has 1 heterocycles. The molecule has 1 saturated carbocycles. The third-order valence-electron chi connectivity index (χ3n) is 5.23. The molecule has 8 nitrogen and oxygen atoms in total. The highest BCUT2D eigenvalue weighted by atomic mass is 32.2. The van der Waals surface area contributed by atoms with Gasteiger partial charge in [0.2, 0.25) is 15.9 Å². The fourth-order valence-corrected chi connectivity index (χ4v) is 4.67. The van der Waals surface area contributed by atoms with Crippen LogP contribution in [0.4, 0.5) is 10.5 Å². The van der Waals surface area contributed by atoms with Gasteiger partial charge in [-0.05, 0) is 55.5 Å². The molecule has 0 radical (unpaired) electrons. The molecule has 2 fully saturated rings. The van der Waals surface area contributed by atoms with E-state index in [4.69, 9.17) is 4.74 Å². The van der Waals surface area contributed by atoms with Gasteiger partial charge < -0.3 is 4.74 Å². The molecule has 3 amide bonds. The summed E-state index contributed by atoms with van der Waals surface area (Å²) in [6.45, 7) is 0.0749. The van der Waals surface area contributed by atoms with Crippen molar-refractivity contribution in [3.63, 3.8) is 0 Å². The highest BCUT2D eigenvalue weighted by Gasteiger charge is 2.27. The SMILES string of the molecule is O=C1CN(c2ccc(CNS(=O)(=O)c3cccc(OC4CCCC4)c3)cc2)C(=O)N1. The van der Waals surface area contributed by atoms with Crippen LogP contribution in [0.5, 0.6) is 5.75 Å². The molecule has 0 unspecified atom stereocenters. The summed E-state index contributed by atoms with van der Waals surface area (Å²) >= 11 is 0. The van der Waals surface area contributed by atoms with Crippen LogP contribution in [0.25, 0.3) is 0 Å². The van der Waals surface area contributed by atoms with E-state index in [0.29, 0.717) is 11.4 Å². The minimum absolute atomic E-state index is 0.0237. The first-order chi connectivity index (χ1) is 14.4. The Hall–Kier alpha value is -2.91. The van der Waals surface area contributed by atoms with Gasteiger partial charge in [-0.1, -0.05) is 18.2 Å². The number of carbonyl (C=O) groups is 2. The van der Waals surface area contributed by atoms with Crippen LogP contribution in [-0.2, 0) is 21.4 Å². The summed E-state index contributed by atoms with van der Waals surface area (Å²) in [6, 6.07) is 12.9. The van der Waals surface area contributed by atoms with Crippen molar-refractivity contribution in [1.82, 2.24) is 10.0 Å². The second kappa shape index (κ2) is 8.45. The molecular weight excluding hydrogens is 406 g/mol. The van der Waals surface area contributed by atoms with Crippen LogP contribution in [0, 0.1) is 0 Å². The normalized spacial score (nSPS) is 17.4. The van der Waals surface area contributed by atoms with Crippen LogP contribution in [0.3, 0.4) is 0 Å². The summed E-state index contributed by atoms with van der Waals surface area (Å²) in [4.78, 5) is 24.5. The van der Waals surface area contributed by atoms with Crippen LogP contribution >= 0.6 is 0 Å². The number of anilines is 1. The highest BCUT2D eigenvalue weighted by Crippen LogP contribution is 2.26. The topological polar surface area (TPSA) is 105 Å². The molecule has 1 saturated heterocycles. The van der Waals surface area contributed by atoms with Gasteiger partial charge in [0.25, 0.3) is 0 Å². The van der Waals surface area contributed by atoms with Crippen molar-refractivity contribution in [2.45, 2.75) is 43.2 Å². The number of rotatable bonds is 7. The Morgan fingerprint density at radius 3 is 2.47 bits per heavy atom. The number of benzene rings is 2. The van der Waals surface area contributed by atoms with Crippen LogP contribution in [-0.4, -0.2) is 33.0 Å². The average molecular weight is 429 g/mol. The van der Waals surface area contributed by atoms with E-state index in [2.05, 4.69) is 10.0 Å². The van der Waals surface area contributed by atoms with Crippen molar-refractivity contribution in [2.75, 3.05) is 11.4 Å². The average Bonchev–Trinajstić information content (AvgIpc) is 3.36. The number of ether oxygens (including phenoxy) is 1. The van der Waals surface area contributed by atoms with Crippen molar-refractivity contribution < 1.29 is 22.7 Å². The second-order valence-corrected chi connectivity index (χ2v) is 9.20. The molecule has 0 bridgehead atoms. The number of carbonyl (C=O) groups excluding carboxylic acids is 2. The Morgan fingerprint density at radius 1 is 1.07 bits per heavy atom. The zero-order valence-corrected chi connectivity index (χ0v) is 17.2. The molecule has 2 aromatic rings. The lowest BCUT2D eigenvalue weighted by Crippen LogP contribution is -2.27. The predicted molar refractivity (Wildman–Crippen MR) is 111 cm³/mol. The molecule has 0 atom stereocenters. The minimum Gasteiger partial charge on any atom is -0.490 e. The third kappa shape index (κ3) is 4.63. The van der Waals surface area contributed by atoms with E-state index in [1.807, 2.05) is 0 Å². The number of imide groups is 1. The number of sulfonamides is 1. The van der Waals surface area contributed by atoms with Gasteiger partial charge in [0, 0.05) is 18.3 Å². The fraction of sp³-hybridized carbons (Fsp3) is 0.333. The molecule has 0 spiro atoms. The quantitative estimate of drug-likeness (QED) is 0.658. The number of hydrogen-bond donors (Lipinski definition) is 2. The minimum atomic E-state index is -3.71. The maximum absolute atomic E-state index is 12.7. The number of nitrogens with one attached hydrogen (secondary N) is 2. The van der Waals surface area contributed by atoms with E-state index in [9.17, 15) is 18.0 Å². The zero-order chi connectivity index (χ0) is 21.1. The molecule has 2 aliphatic rings. The first kappa shape index (κ1) is 20.4. The molecule has 2 N–H and O–H groups in total. The van der Waals surface area contributed by atoms with Crippen molar-refractivity contribution in [3.8, 4) is 5.75 Å². The highest BCUT2D eigenvalue weighted by molar-refractivity contribution is 7.89. The molecule has 30 heavy (non-hydrogen) atoms. The Kier molecular flexibility index (Phi) is 5.74. The first-order valence-electron chi connectivity index (χ1n) is 9.87. The van der Waals surface area contributed by atoms with Crippen LogP contribution < -0.4 is 19.7 Å². The summed E-state index contributed by atoms with van der Waals surface area (Å²) in [5.41, 5.74) is 1.30. The Balaban J connectivity index is 1.39. The van der Waals surface area contributed by atoms with Crippen molar-refractivity contribution in [2.24, 2.45) is 0 Å². The lowest BCUT2D eigenvalue weighted by Gasteiger charge is -2.15. The molecule has 2 aromatic carbocycles. The molecule has 4 rings (SSSR count). The molecule has 9 heteroatoms. The Morgan fingerprint density at radius 2 is 1.80 bits per heavy atom. The van der Waals surface area contributed by atoms with E-state index in [1.165, 1.54) is 11.0 Å². The van der Waals surface area contributed by atoms with Crippen LogP contribution in [0.1, 0.15) is 31.2 Å².